The minimum Gasteiger partial charge on any atom is -0.276 e. The molecule has 7 nitrogen and oxygen atoms in total. The Morgan fingerprint density at radius 2 is 2.27 bits per heavy atom. The molecule has 0 spiro atoms. The number of rotatable bonds is 4. The van der Waals surface area contributed by atoms with Gasteiger partial charge in [-0.05, 0) is 37.3 Å². The van der Waals surface area contributed by atoms with E-state index in [1.165, 1.54) is 6.26 Å². The van der Waals surface area contributed by atoms with E-state index in [4.69, 9.17) is 0 Å². The van der Waals surface area contributed by atoms with Crippen molar-refractivity contribution < 1.29 is 8.42 Å². The molecule has 0 radical (unpaired) electrons. The minimum absolute atomic E-state index is 0.299. The number of H-pyrrole nitrogens is 1. The molecule has 1 saturated heterocycles. The molecule has 0 aliphatic carbocycles. The third-order valence-corrected chi connectivity index (χ3v) is 5.22. The van der Waals surface area contributed by atoms with Gasteiger partial charge in [0, 0.05) is 25.0 Å². The van der Waals surface area contributed by atoms with Gasteiger partial charge in [0.1, 0.15) is 6.33 Å². The molecule has 0 saturated carbocycles. The number of nitrogens with one attached hydrogen (secondary N) is 1. The van der Waals surface area contributed by atoms with Gasteiger partial charge in [-0.15, -0.1) is 0 Å². The van der Waals surface area contributed by atoms with Crippen LogP contribution < -0.4 is 0 Å². The predicted molar refractivity (Wildman–Crippen MR) is 82.5 cm³/mol. The van der Waals surface area contributed by atoms with E-state index >= 15 is 0 Å². The van der Waals surface area contributed by atoms with Crippen LogP contribution in [-0.4, -0.2) is 52.2 Å². The quantitative estimate of drug-likeness (QED) is 0.910. The van der Waals surface area contributed by atoms with Crippen molar-refractivity contribution in [3.63, 3.8) is 0 Å². The van der Waals surface area contributed by atoms with Crippen LogP contribution in [0.1, 0.15) is 18.5 Å². The number of sulfonamides is 1. The maximum Gasteiger partial charge on any atom is 0.211 e. The van der Waals surface area contributed by atoms with Crippen molar-refractivity contribution in [1.82, 2.24) is 24.5 Å². The summed E-state index contributed by atoms with van der Waals surface area (Å²) in [5, 5.41) is 6.81. The van der Waals surface area contributed by atoms with Gasteiger partial charge < -0.3 is 0 Å². The monoisotopic (exact) mass is 321 g/mol. The van der Waals surface area contributed by atoms with Crippen molar-refractivity contribution >= 4 is 10.0 Å². The summed E-state index contributed by atoms with van der Waals surface area (Å²) in [7, 11) is -3.11. The first-order chi connectivity index (χ1) is 10.5. The molecule has 0 unspecified atom stereocenters. The fourth-order valence-corrected chi connectivity index (χ4v) is 3.79. The van der Waals surface area contributed by atoms with E-state index in [-0.39, 0.29) is 0 Å². The molecule has 2 aromatic rings. The van der Waals surface area contributed by atoms with E-state index < -0.39 is 10.0 Å². The smallest absolute Gasteiger partial charge is 0.211 e. The minimum atomic E-state index is -3.11. The van der Waals surface area contributed by atoms with Gasteiger partial charge >= 0.3 is 0 Å². The molecule has 3 heterocycles. The van der Waals surface area contributed by atoms with E-state index in [9.17, 15) is 8.42 Å². The Morgan fingerprint density at radius 1 is 1.41 bits per heavy atom. The van der Waals surface area contributed by atoms with Crippen LogP contribution in [0.3, 0.4) is 0 Å². The molecule has 1 aliphatic rings. The van der Waals surface area contributed by atoms with E-state index in [0.717, 1.165) is 36.3 Å². The molecule has 1 atom stereocenters. The zero-order valence-corrected chi connectivity index (χ0v) is 13.3. The first kappa shape index (κ1) is 15.1. The number of hydrogen-bond donors (Lipinski definition) is 1. The zero-order valence-electron chi connectivity index (χ0n) is 12.4. The Kier molecular flexibility index (Phi) is 4.21. The Bertz CT molecular complexity index is 729. The molecule has 1 N–H and O–H groups in total. The third kappa shape index (κ3) is 3.50. The summed E-state index contributed by atoms with van der Waals surface area (Å²) in [6, 6.07) is 3.80. The van der Waals surface area contributed by atoms with Gasteiger partial charge in [-0.1, -0.05) is 0 Å². The summed E-state index contributed by atoms with van der Waals surface area (Å²) in [6.45, 7) is 1.20. The van der Waals surface area contributed by atoms with E-state index in [2.05, 4.69) is 20.2 Å². The lowest BCUT2D eigenvalue weighted by Gasteiger charge is -2.30. The van der Waals surface area contributed by atoms with Gasteiger partial charge in [0.15, 0.2) is 0 Å². The van der Waals surface area contributed by atoms with Crippen LogP contribution in [0.5, 0.6) is 0 Å². The number of aromatic amines is 1. The first-order valence-electron chi connectivity index (χ1n) is 7.28. The SMILES string of the molecule is CS(=O)(=O)N1CCC[C@@H](Cc2cc(-c3ccn[nH]3)ncn2)C1. The van der Waals surface area contributed by atoms with Crippen LogP contribution in [0.25, 0.3) is 11.4 Å². The average molecular weight is 321 g/mol. The van der Waals surface area contributed by atoms with Crippen LogP contribution in [0.4, 0.5) is 0 Å². The molecule has 1 aliphatic heterocycles. The molecule has 0 bridgehead atoms. The number of hydrogen-bond acceptors (Lipinski definition) is 5. The number of nitrogens with zero attached hydrogens (tertiary/aromatic N) is 4. The highest BCUT2D eigenvalue weighted by Crippen LogP contribution is 2.23. The van der Waals surface area contributed by atoms with Gasteiger partial charge in [-0.3, -0.25) is 5.10 Å². The van der Waals surface area contributed by atoms with Gasteiger partial charge in [-0.2, -0.15) is 5.10 Å². The lowest BCUT2D eigenvalue weighted by atomic mass is 9.94. The second kappa shape index (κ2) is 6.13. The molecular formula is C14H19N5O2S. The molecule has 118 valence electrons. The van der Waals surface area contributed by atoms with Crippen LogP contribution in [0, 0.1) is 5.92 Å². The average Bonchev–Trinajstić information content (AvgIpc) is 3.01. The largest absolute Gasteiger partial charge is 0.276 e. The Morgan fingerprint density at radius 3 is 3.00 bits per heavy atom. The molecule has 0 aromatic carbocycles. The highest BCUT2D eigenvalue weighted by molar-refractivity contribution is 7.88. The predicted octanol–water partition coefficient (Wildman–Crippen LogP) is 1.08. The Labute approximate surface area is 129 Å². The first-order valence-corrected chi connectivity index (χ1v) is 9.13. The summed E-state index contributed by atoms with van der Waals surface area (Å²) in [6.07, 6.45) is 7.18. The van der Waals surface area contributed by atoms with Gasteiger partial charge in [0.2, 0.25) is 10.0 Å². The summed E-state index contributed by atoms with van der Waals surface area (Å²) in [4.78, 5) is 8.56. The van der Waals surface area contributed by atoms with Crippen molar-refractivity contribution in [3.8, 4) is 11.4 Å². The second-order valence-electron chi connectivity index (χ2n) is 5.70. The maximum absolute atomic E-state index is 11.7. The van der Waals surface area contributed by atoms with Crippen molar-refractivity contribution in [2.24, 2.45) is 5.92 Å². The highest BCUT2D eigenvalue weighted by Gasteiger charge is 2.26. The second-order valence-corrected chi connectivity index (χ2v) is 7.68. The van der Waals surface area contributed by atoms with Crippen molar-refractivity contribution in [2.45, 2.75) is 19.3 Å². The van der Waals surface area contributed by atoms with Crippen molar-refractivity contribution in [1.29, 1.82) is 0 Å². The Balaban J connectivity index is 1.72. The topological polar surface area (TPSA) is 91.8 Å². The van der Waals surface area contributed by atoms with Crippen LogP contribution >= 0.6 is 0 Å². The van der Waals surface area contributed by atoms with Crippen molar-refractivity contribution in [2.75, 3.05) is 19.3 Å². The zero-order chi connectivity index (χ0) is 15.6. The number of piperidine rings is 1. The van der Waals surface area contributed by atoms with Crippen LogP contribution in [0.2, 0.25) is 0 Å². The van der Waals surface area contributed by atoms with Gasteiger partial charge in [-0.25, -0.2) is 22.7 Å². The summed E-state index contributed by atoms with van der Waals surface area (Å²) >= 11 is 0. The molecule has 0 amide bonds. The fraction of sp³-hybridized carbons (Fsp3) is 0.500. The molecule has 3 rings (SSSR count). The van der Waals surface area contributed by atoms with Crippen molar-refractivity contribution in [3.05, 3.63) is 30.4 Å². The molecule has 1 fully saturated rings. The molecule has 8 heteroatoms. The van der Waals surface area contributed by atoms with Crippen LogP contribution in [-0.2, 0) is 16.4 Å². The summed E-state index contributed by atoms with van der Waals surface area (Å²) in [5.74, 6) is 0.299. The molecule has 22 heavy (non-hydrogen) atoms. The van der Waals surface area contributed by atoms with E-state index in [0.29, 0.717) is 19.0 Å². The third-order valence-electron chi connectivity index (χ3n) is 3.95. The fourth-order valence-electron chi connectivity index (χ4n) is 2.85. The van der Waals surface area contributed by atoms with E-state index in [1.807, 2.05) is 12.1 Å². The molecular weight excluding hydrogens is 302 g/mol. The summed E-state index contributed by atoms with van der Waals surface area (Å²) < 4.78 is 24.9. The number of aromatic nitrogens is 4. The van der Waals surface area contributed by atoms with E-state index in [1.54, 1.807) is 16.8 Å². The highest BCUT2D eigenvalue weighted by atomic mass is 32.2. The lowest BCUT2D eigenvalue weighted by molar-refractivity contribution is 0.265. The maximum atomic E-state index is 11.7. The van der Waals surface area contributed by atoms with Gasteiger partial charge in [0.05, 0.1) is 17.6 Å². The molecule has 2 aromatic heterocycles. The standard InChI is InChI=1S/C14H19N5O2S/c1-22(20,21)19-6-2-3-11(9-19)7-12-8-14(16-10-15-12)13-4-5-17-18-13/h4-5,8,10-11H,2-3,6-7,9H2,1H3,(H,17,18)/t11-/m0/s1. The van der Waals surface area contributed by atoms with Crippen LogP contribution in [0.15, 0.2) is 24.7 Å². The van der Waals surface area contributed by atoms with Gasteiger partial charge in [0.25, 0.3) is 0 Å². The lowest BCUT2D eigenvalue weighted by Crippen LogP contribution is -2.39. The Hall–Kier alpha value is -1.80. The normalized spacial score (nSPS) is 20.1. The summed E-state index contributed by atoms with van der Waals surface area (Å²) in [5.41, 5.74) is 2.59.